The van der Waals surface area contributed by atoms with Crippen molar-refractivity contribution < 1.29 is 13.9 Å². The van der Waals surface area contributed by atoms with Gasteiger partial charge in [-0.2, -0.15) is 4.52 Å². The first-order valence-electron chi connectivity index (χ1n) is 12.0. The number of hydrogen-bond donors (Lipinski definition) is 1. The second kappa shape index (κ2) is 12.8. The number of benzene rings is 4. The Morgan fingerprint density at radius 2 is 1.00 bits per heavy atom. The smallest absolute Gasteiger partial charge is 0.318 e. The average molecular weight is 536 g/mol. The van der Waals surface area contributed by atoms with Gasteiger partial charge < -0.3 is 13.9 Å². The summed E-state index contributed by atoms with van der Waals surface area (Å²) in [6, 6.07) is 41.6. The highest BCUT2D eigenvalue weighted by atomic mass is 31.2. The summed E-state index contributed by atoms with van der Waals surface area (Å²) in [5.74, 6) is 0. The normalized spacial score (nSPS) is 11.9. The molecule has 4 nitrogen and oxygen atoms in total. The van der Waals surface area contributed by atoms with Crippen molar-refractivity contribution in [1.82, 2.24) is 0 Å². The van der Waals surface area contributed by atoms with Gasteiger partial charge in [-0.15, -0.1) is 0 Å². The number of rotatable bonds is 10. The topological polar surface area (TPSA) is 51.0 Å². The first kappa shape index (κ1) is 26.8. The van der Waals surface area contributed by atoms with E-state index in [1.807, 2.05) is 62.4 Å². The third kappa shape index (κ3) is 6.34. The minimum absolute atomic E-state index is 0.309. The summed E-state index contributed by atoms with van der Waals surface area (Å²) in [7, 11) is -7.13. The van der Waals surface area contributed by atoms with Gasteiger partial charge in [0, 0.05) is 10.6 Å². The van der Waals surface area contributed by atoms with E-state index in [0.29, 0.717) is 13.2 Å². The Labute approximate surface area is 216 Å². The third-order valence-corrected chi connectivity index (χ3v) is 14.9. The second-order valence-electron chi connectivity index (χ2n) is 7.93. The molecule has 0 unspecified atom stereocenters. The number of hydrogen-bond acceptors (Lipinski definition) is 3. The molecule has 36 heavy (non-hydrogen) atoms. The maximum Gasteiger partial charge on any atom is 0.356 e. The van der Waals surface area contributed by atoms with Crippen molar-refractivity contribution >= 4 is 49.4 Å². The van der Waals surface area contributed by atoms with Crippen LogP contribution in [0.4, 0.5) is 0 Å². The molecule has 186 valence electrons. The summed E-state index contributed by atoms with van der Waals surface area (Å²) in [6.45, 7) is 4.33. The van der Waals surface area contributed by atoms with Crippen molar-refractivity contribution in [3.8, 4) is 0 Å². The summed E-state index contributed by atoms with van der Waals surface area (Å²) < 4.78 is 17.0. The van der Waals surface area contributed by atoms with Gasteiger partial charge in [-0.1, -0.05) is 121 Å². The molecule has 0 heterocycles. The molecule has 0 saturated carbocycles. The van der Waals surface area contributed by atoms with E-state index < -0.39 is 22.7 Å². The first-order chi connectivity index (χ1) is 17.6. The maximum absolute atomic E-state index is 11.6. The van der Waals surface area contributed by atoms with Gasteiger partial charge in [0.25, 0.3) is 0 Å². The quantitative estimate of drug-likeness (QED) is 0.237. The van der Waals surface area contributed by atoms with Crippen molar-refractivity contribution in [2.24, 2.45) is 4.52 Å². The van der Waals surface area contributed by atoms with E-state index in [0.717, 1.165) is 10.6 Å². The van der Waals surface area contributed by atoms with Crippen LogP contribution in [-0.4, -0.2) is 23.6 Å². The molecule has 0 radical (unpaired) electrons. The van der Waals surface area contributed by atoms with E-state index in [2.05, 4.69) is 78.3 Å². The Morgan fingerprint density at radius 3 is 1.36 bits per heavy atom. The Bertz CT molecular complexity index is 1240. The van der Waals surface area contributed by atoms with Gasteiger partial charge in [0.1, 0.15) is 0 Å². The molecular formula is C29H32NO3P3. The predicted molar refractivity (Wildman–Crippen MR) is 159 cm³/mol. The molecule has 0 spiro atoms. The van der Waals surface area contributed by atoms with Crippen molar-refractivity contribution in [3.63, 3.8) is 0 Å². The van der Waals surface area contributed by atoms with Crippen LogP contribution in [0.2, 0.25) is 0 Å². The minimum Gasteiger partial charge on any atom is -0.318 e. The largest absolute Gasteiger partial charge is 0.356 e. The molecule has 7 heteroatoms. The minimum atomic E-state index is -3.51. The molecule has 0 fully saturated rings. The molecule has 4 rings (SSSR count). The van der Waals surface area contributed by atoms with Crippen LogP contribution < -0.4 is 21.2 Å². The van der Waals surface area contributed by atoms with Gasteiger partial charge in [-0.05, 0) is 37.9 Å². The molecule has 0 amide bonds. The van der Waals surface area contributed by atoms with E-state index in [4.69, 9.17) is 13.6 Å². The predicted octanol–water partition coefficient (Wildman–Crippen LogP) is 6.47. The monoisotopic (exact) mass is 535 g/mol. The van der Waals surface area contributed by atoms with E-state index in [-0.39, 0.29) is 0 Å². The Hall–Kier alpha value is -2.28. The molecule has 4 aromatic carbocycles. The summed E-state index contributed by atoms with van der Waals surface area (Å²) in [6.07, 6.45) is 0. The molecule has 1 N–H and O–H groups in total. The lowest BCUT2D eigenvalue weighted by atomic mass is 10.4. The molecule has 0 aliphatic heterocycles. The lowest BCUT2D eigenvalue weighted by molar-refractivity contribution is 0.203. The number of nitrogens with zero attached hydrogens (tertiary/aromatic N) is 1. The Morgan fingerprint density at radius 1 is 0.639 bits per heavy atom. The van der Waals surface area contributed by atoms with Gasteiger partial charge >= 0.3 is 7.74 Å². The van der Waals surface area contributed by atoms with Crippen LogP contribution >= 0.6 is 22.7 Å². The fraction of sp³-hybridized carbons (Fsp3) is 0.138. The van der Waals surface area contributed by atoms with E-state index in [1.54, 1.807) is 0 Å². The zero-order valence-electron chi connectivity index (χ0n) is 20.6. The molecule has 0 aromatic heterocycles. The molecule has 0 bridgehead atoms. The molecule has 0 atom stereocenters. The van der Waals surface area contributed by atoms with Gasteiger partial charge in [-0.3, -0.25) is 0 Å². The van der Waals surface area contributed by atoms with Gasteiger partial charge in [0.15, 0.2) is 0 Å². The lowest BCUT2D eigenvalue weighted by Gasteiger charge is -2.29. The van der Waals surface area contributed by atoms with E-state index >= 15 is 0 Å². The fourth-order valence-corrected chi connectivity index (χ4v) is 14.3. The summed E-state index contributed by atoms with van der Waals surface area (Å²) >= 11 is 0. The second-order valence-corrected chi connectivity index (χ2v) is 15.2. The van der Waals surface area contributed by atoms with Gasteiger partial charge in [0.05, 0.1) is 20.3 Å². The molecule has 0 aliphatic carbocycles. The molecular weight excluding hydrogens is 503 g/mol. The Kier molecular flexibility index (Phi) is 9.52. The van der Waals surface area contributed by atoms with Crippen molar-refractivity contribution in [1.29, 1.82) is 0 Å². The average Bonchev–Trinajstić information content (AvgIpc) is 2.93. The molecule has 4 aromatic rings. The van der Waals surface area contributed by atoms with Crippen molar-refractivity contribution in [2.45, 2.75) is 13.8 Å². The van der Waals surface area contributed by atoms with Crippen molar-refractivity contribution in [3.05, 3.63) is 121 Å². The van der Waals surface area contributed by atoms with Crippen LogP contribution in [0, 0.1) is 0 Å². The SMILES string of the molecule is CCOP(O)(=NP(=CP(c1ccccc1)c1ccccc1)(c1ccccc1)c1ccccc1)OCC. The van der Waals surface area contributed by atoms with Crippen LogP contribution in [0.25, 0.3) is 0 Å². The lowest BCUT2D eigenvalue weighted by Crippen LogP contribution is -2.20. The highest BCUT2D eigenvalue weighted by molar-refractivity contribution is 8.05. The molecule has 0 saturated heterocycles. The van der Waals surface area contributed by atoms with Crippen LogP contribution in [0.15, 0.2) is 126 Å². The highest BCUT2D eigenvalue weighted by Crippen LogP contribution is 2.62. The summed E-state index contributed by atoms with van der Waals surface area (Å²) in [5.41, 5.74) is 2.39. The fourth-order valence-electron chi connectivity index (χ4n) is 3.95. The van der Waals surface area contributed by atoms with Crippen molar-refractivity contribution in [2.75, 3.05) is 13.2 Å². The van der Waals surface area contributed by atoms with Crippen LogP contribution in [0.5, 0.6) is 0 Å². The first-order valence-corrected chi connectivity index (χ1v) is 16.8. The highest BCUT2D eigenvalue weighted by Gasteiger charge is 2.31. The van der Waals surface area contributed by atoms with E-state index in [9.17, 15) is 4.89 Å². The third-order valence-electron chi connectivity index (χ3n) is 5.50. The zero-order valence-corrected chi connectivity index (χ0v) is 23.3. The van der Waals surface area contributed by atoms with Crippen LogP contribution in [0.3, 0.4) is 0 Å². The van der Waals surface area contributed by atoms with Gasteiger partial charge in [0.2, 0.25) is 0 Å². The van der Waals surface area contributed by atoms with E-state index in [1.165, 1.54) is 10.6 Å². The zero-order chi connectivity index (χ0) is 25.3. The van der Waals surface area contributed by atoms with Gasteiger partial charge in [-0.25, -0.2) is 0 Å². The summed E-state index contributed by atoms with van der Waals surface area (Å²) in [4.78, 5) is 11.6. The maximum atomic E-state index is 11.6. The Balaban J connectivity index is 2.15. The van der Waals surface area contributed by atoms with Crippen LogP contribution in [-0.2, 0) is 9.05 Å². The summed E-state index contributed by atoms with van der Waals surface area (Å²) in [5, 5.41) is 4.54. The molecule has 0 aliphatic rings. The standard InChI is InChI=1S/C29H32NO3P3/c1-3-32-36(31,33-4-2)30-35(28-21-13-7-14-22-28,29-23-15-8-16-24-29)25-34(26-17-9-5-10-18-26)27-19-11-6-12-20-27/h5-25,31H,3-4H2,1-2H3. The van der Waals surface area contributed by atoms with Crippen LogP contribution in [0.1, 0.15) is 13.8 Å².